The highest BCUT2D eigenvalue weighted by molar-refractivity contribution is 8.00. The molecule has 3 atom stereocenters. The molecule has 1 aliphatic carbocycles. The van der Waals surface area contributed by atoms with Crippen molar-refractivity contribution in [2.75, 3.05) is 24.9 Å². The van der Waals surface area contributed by atoms with Crippen LogP contribution in [0.25, 0.3) is 0 Å². The molecule has 1 aliphatic rings. The summed E-state index contributed by atoms with van der Waals surface area (Å²) in [7, 11) is 3.09. The Kier molecular flexibility index (Phi) is 9.19. The van der Waals surface area contributed by atoms with Crippen LogP contribution in [0.4, 0.5) is 11.4 Å². The Labute approximate surface area is 209 Å². The molecule has 3 N–H and O–H groups in total. The molecular weight excluding hydrogens is 468 g/mol. The summed E-state index contributed by atoms with van der Waals surface area (Å²) in [6.45, 7) is 1.93. The maximum absolute atomic E-state index is 13.0. The molecule has 3 unspecified atom stereocenters. The number of ether oxygens (including phenoxy) is 2. The van der Waals surface area contributed by atoms with Gasteiger partial charge in [-0.25, -0.2) is 0 Å². The normalized spacial score (nSPS) is 17.8. The van der Waals surface area contributed by atoms with Gasteiger partial charge in [0.2, 0.25) is 11.8 Å². The van der Waals surface area contributed by atoms with Crippen LogP contribution in [0, 0.1) is 11.8 Å². The molecule has 0 spiro atoms. The minimum absolute atomic E-state index is 0.166. The van der Waals surface area contributed by atoms with E-state index >= 15 is 0 Å². The molecule has 0 saturated heterocycles. The fourth-order valence-corrected chi connectivity index (χ4v) is 4.86. The van der Waals surface area contributed by atoms with E-state index in [-0.39, 0.29) is 17.1 Å². The van der Waals surface area contributed by atoms with E-state index in [1.54, 1.807) is 56.7 Å². The smallest absolute Gasteiger partial charge is 0.307 e. The molecule has 0 aliphatic heterocycles. The summed E-state index contributed by atoms with van der Waals surface area (Å²) in [4.78, 5) is 38.1. The molecular formula is C26H30N2O6S. The number of amides is 2. The molecule has 186 valence electrons. The number of hydrogen-bond donors (Lipinski definition) is 3. The number of rotatable bonds is 10. The Bertz CT molecular complexity index is 1080. The van der Waals surface area contributed by atoms with Crippen molar-refractivity contribution in [1.29, 1.82) is 0 Å². The summed E-state index contributed by atoms with van der Waals surface area (Å²) in [5.74, 6) is -1.67. The second kappa shape index (κ2) is 12.3. The van der Waals surface area contributed by atoms with E-state index in [4.69, 9.17) is 9.47 Å². The number of aliphatic carboxylic acids is 1. The fourth-order valence-electron chi connectivity index (χ4n) is 3.85. The van der Waals surface area contributed by atoms with Crippen molar-refractivity contribution < 1.29 is 29.0 Å². The van der Waals surface area contributed by atoms with E-state index in [0.29, 0.717) is 42.1 Å². The Morgan fingerprint density at radius 2 is 1.63 bits per heavy atom. The van der Waals surface area contributed by atoms with Gasteiger partial charge in [0.25, 0.3) is 0 Å². The Morgan fingerprint density at radius 3 is 2.23 bits per heavy atom. The molecule has 8 nitrogen and oxygen atoms in total. The molecule has 0 radical (unpaired) electrons. The number of methoxy groups -OCH3 is 2. The van der Waals surface area contributed by atoms with Gasteiger partial charge in [-0.1, -0.05) is 25.1 Å². The van der Waals surface area contributed by atoms with Crippen molar-refractivity contribution in [3.05, 3.63) is 54.6 Å². The lowest BCUT2D eigenvalue weighted by atomic mass is 9.82. The highest BCUT2D eigenvalue weighted by Gasteiger charge is 2.34. The van der Waals surface area contributed by atoms with Crippen molar-refractivity contribution in [3.63, 3.8) is 0 Å². The van der Waals surface area contributed by atoms with Crippen LogP contribution < -0.4 is 20.1 Å². The largest absolute Gasteiger partial charge is 0.497 e. The minimum atomic E-state index is -0.968. The SMILES string of the molecule is CCC(Sc1cccc(NC(=O)C2CC=CCC2C(=O)O)c1)C(=O)Nc1cc(OC)cc(OC)c1. The number of carbonyl (C=O) groups is 3. The standard InChI is InChI=1S/C26H30N2O6S/c1-4-23(25(30)28-17-12-18(33-2)15-19(13-17)34-3)35-20-9-7-8-16(14-20)27-24(29)21-10-5-6-11-22(21)26(31)32/h5-9,12-15,21-23H,4,10-11H2,1-3H3,(H,27,29)(H,28,30)(H,31,32). The molecule has 0 heterocycles. The van der Waals surface area contributed by atoms with Crippen molar-refractivity contribution in [1.82, 2.24) is 0 Å². The van der Waals surface area contributed by atoms with Gasteiger partial charge < -0.3 is 25.2 Å². The monoisotopic (exact) mass is 498 g/mol. The average Bonchev–Trinajstić information content (AvgIpc) is 2.87. The quantitative estimate of drug-likeness (QED) is 0.318. The van der Waals surface area contributed by atoms with Crippen LogP contribution in [-0.4, -0.2) is 42.4 Å². The van der Waals surface area contributed by atoms with Crippen LogP contribution >= 0.6 is 11.8 Å². The van der Waals surface area contributed by atoms with Gasteiger partial charge in [0, 0.05) is 34.5 Å². The molecule has 2 aromatic rings. The third kappa shape index (κ3) is 7.02. The van der Waals surface area contributed by atoms with Gasteiger partial charge in [-0.2, -0.15) is 0 Å². The van der Waals surface area contributed by atoms with Gasteiger partial charge in [0.1, 0.15) is 11.5 Å². The van der Waals surface area contributed by atoms with Crippen LogP contribution in [0.3, 0.4) is 0 Å². The minimum Gasteiger partial charge on any atom is -0.497 e. The Morgan fingerprint density at radius 1 is 0.971 bits per heavy atom. The molecule has 0 aromatic heterocycles. The lowest BCUT2D eigenvalue weighted by Gasteiger charge is -2.24. The van der Waals surface area contributed by atoms with Crippen LogP contribution in [0.2, 0.25) is 0 Å². The summed E-state index contributed by atoms with van der Waals surface area (Å²) in [5.41, 5.74) is 1.13. The molecule has 9 heteroatoms. The Hall–Kier alpha value is -3.46. The number of carboxylic acid groups (broad SMARTS) is 1. The highest BCUT2D eigenvalue weighted by Crippen LogP contribution is 2.31. The van der Waals surface area contributed by atoms with E-state index in [0.717, 1.165) is 4.90 Å². The van der Waals surface area contributed by atoms with E-state index < -0.39 is 17.8 Å². The zero-order valence-electron chi connectivity index (χ0n) is 19.9. The topological polar surface area (TPSA) is 114 Å². The molecule has 0 fully saturated rings. The van der Waals surface area contributed by atoms with Crippen LogP contribution in [0.1, 0.15) is 26.2 Å². The van der Waals surface area contributed by atoms with Gasteiger partial charge in [0.05, 0.1) is 31.3 Å². The summed E-state index contributed by atoms with van der Waals surface area (Å²) in [5, 5.41) is 14.8. The van der Waals surface area contributed by atoms with Crippen molar-refractivity contribution in [2.24, 2.45) is 11.8 Å². The Balaban J connectivity index is 1.67. The van der Waals surface area contributed by atoms with Gasteiger partial charge in [0.15, 0.2) is 0 Å². The summed E-state index contributed by atoms with van der Waals surface area (Å²) >= 11 is 1.39. The lowest BCUT2D eigenvalue weighted by molar-refractivity contribution is -0.146. The van der Waals surface area contributed by atoms with Gasteiger partial charge in [-0.3, -0.25) is 14.4 Å². The predicted octanol–water partition coefficient (Wildman–Crippen LogP) is 4.82. The second-order valence-corrected chi connectivity index (χ2v) is 9.39. The van der Waals surface area contributed by atoms with Crippen LogP contribution in [-0.2, 0) is 14.4 Å². The third-order valence-electron chi connectivity index (χ3n) is 5.75. The van der Waals surface area contributed by atoms with Crippen LogP contribution in [0.15, 0.2) is 59.5 Å². The molecule has 0 saturated carbocycles. The van der Waals surface area contributed by atoms with Crippen molar-refractivity contribution in [3.8, 4) is 11.5 Å². The van der Waals surface area contributed by atoms with E-state index in [1.807, 2.05) is 19.1 Å². The number of allylic oxidation sites excluding steroid dienone is 2. The first kappa shape index (κ1) is 26.2. The first-order valence-corrected chi connectivity index (χ1v) is 12.2. The maximum Gasteiger partial charge on any atom is 0.307 e. The summed E-state index contributed by atoms with van der Waals surface area (Å²) < 4.78 is 10.5. The molecule has 2 aromatic carbocycles. The van der Waals surface area contributed by atoms with Gasteiger partial charge in [-0.05, 0) is 37.5 Å². The maximum atomic E-state index is 13.0. The van der Waals surface area contributed by atoms with E-state index in [9.17, 15) is 19.5 Å². The van der Waals surface area contributed by atoms with E-state index in [2.05, 4.69) is 10.6 Å². The molecule has 35 heavy (non-hydrogen) atoms. The van der Waals surface area contributed by atoms with Gasteiger partial charge in [-0.15, -0.1) is 11.8 Å². The molecule has 0 bridgehead atoms. The third-order valence-corrected chi connectivity index (χ3v) is 7.11. The average molecular weight is 499 g/mol. The number of thioether (sulfide) groups is 1. The first-order chi connectivity index (χ1) is 16.8. The van der Waals surface area contributed by atoms with Crippen LogP contribution in [0.5, 0.6) is 11.5 Å². The first-order valence-electron chi connectivity index (χ1n) is 11.3. The highest BCUT2D eigenvalue weighted by atomic mass is 32.2. The summed E-state index contributed by atoms with van der Waals surface area (Å²) in [6.07, 6.45) is 4.97. The van der Waals surface area contributed by atoms with E-state index in [1.165, 1.54) is 11.8 Å². The number of anilines is 2. The predicted molar refractivity (Wildman–Crippen MR) is 136 cm³/mol. The zero-order valence-corrected chi connectivity index (χ0v) is 20.8. The summed E-state index contributed by atoms with van der Waals surface area (Å²) in [6, 6.07) is 12.4. The number of nitrogens with one attached hydrogen (secondary N) is 2. The van der Waals surface area contributed by atoms with Gasteiger partial charge >= 0.3 is 5.97 Å². The van der Waals surface area contributed by atoms with Crippen molar-refractivity contribution in [2.45, 2.75) is 36.3 Å². The van der Waals surface area contributed by atoms with Crippen molar-refractivity contribution >= 4 is 40.9 Å². The molecule has 3 rings (SSSR count). The lowest BCUT2D eigenvalue weighted by Crippen LogP contribution is -2.34. The number of hydrogen-bond acceptors (Lipinski definition) is 6. The second-order valence-electron chi connectivity index (χ2n) is 8.12. The number of carboxylic acids is 1. The number of benzene rings is 2. The number of carbonyl (C=O) groups excluding carboxylic acids is 2. The fraction of sp³-hybridized carbons (Fsp3) is 0.346. The molecule has 2 amide bonds. The zero-order chi connectivity index (χ0) is 25.4.